The molecule has 1 fully saturated rings. The molecular weight excluding hydrogens is 350 g/mol. The van der Waals surface area contributed by atoms with Crippen LogP contribution in [0, 0.1) is 11.6 Å². The highest BCUT2D eigenvalue weighted by atomic mass is 19.2. The lowest BCUT2D eigenvalue weighted by atomic mass is 9.98. The van der Waals surface area contributed by atoms with Crippen molar-refractivity contribution in [3.63, 3.8) is 0 Å². The fourth-order valence-electron chi connectivity index (χ4n) is 3.25. The van der Waals surface area contributed by atoms with Crippen molar-refractivity contribution in [1.29, 1.82) is 0 Å². The van der Waals surface area contributed by atoms with Gasteiger partial charge >= 0.3 is 0 Å². The van der Waals surface area contributed by atoms with Crippen molar-refractivity contribution < 1.29 is 23.0 Å². The number of rotatable bonds is 7. The fourth-order valence-corrected chi connectivity index (χ4v) is 3.25. The molecule has 0 aromatic heterocycles. The minimum absolute atomic E-state index is 0.0129. The lowest BCUT2D eigenvalue weighted by Gasteiger charge is -2.29. The molecule has 2 aromatic carbocycles. The van der Waals surface area contributed by atoms with Crippen molar-refractivity contribution in [2.45, 2.75) is 51.9 Å². The highest BCUT2D eigenvalue weighted by Crippen LogP contribution is 2.30. The van der Waals surface area contributed by atoms with Crippen LogP contribution in [-0.4, -0.2) is 19.3 Å². The van der Waals surface area contributed by atoms with Gasteiger partial charge < -0.3 is 14.2 Å². The SMILES string of the molecule is CCOc1ccc(COC2CCC(c3ccc(CC)cc3)OC2)c(F)c1F. The fraction of sp³-hybridized carbons (Fsp3) is 0.455. The van der Waals surface area contributed by atoms with Gasteiger partial charge in [-0.3, -0.25) is 0 Å². The summed E-state index contributed by atoms with van der Waals surface area (Å²) in [5, 5.41) is 0. The van der Waals surface area contributed by atoms with Crippen molar-refractivity contribution in [2.75, 3.05) is 13.2 Å². The molecule has 2 unspecified atom stereocenters. The molecule has 0 radical (unpaired) electrons. The van der Waals surface area contributed by atoms with Crippen LogP contribution in [0.5, 0.6) is 5.75 Å². The Bertz CT molecular complexity index is 738. The molecule has 27 heavy (non-hydrogen) atoms. The van der Waals surface area contributed by atoms with E-state index >= 15 is 0 Å². The van der Waals surface area contributed by atoms with Crippen molar-refractivity contribution in [2.24, 2.45) is 0 Å². The Morgan fingerprint density at radius 1 is 1.00 bits per heavy atom. The molecule has 2 aromatic rings. The highest BCUT2D eigenvalue weighted by molar-refractivity contribution is 5.30. The molecule has 1 aliphatic rings. The van der Waals surface area contributed by atoms with Crippen LogP contribution in [0.4, 0.5) is 8.78 Å². The zero-order chi connectivity index (χ0) is 19.2. The summed E-state index contributed by atoms with van der Waals surface area (Å²) in [5.74, 6) is -1.95. The maximum absolute atomic E-state index is 14.1. The monoisotopic (exact) mass is 376 g/mol. The van der Waals surface area contributed by atoms with E-state index in [9.17, 15) is 8.78 Å². The first-order valence-corrected chi connectivity index (χ1v) is 9.54. The van der Waals surface area contributed by atoms with E-state index in [1.807, 2.05) is 0 Å². The summed E-state index contributed by atoms with van der Waals surface area (Å²) in [6, 6.07) is 11.4. The second kappa shape index (κ2) is 9.29. The van der Waals surface area contributed by atoms with E-state index in [-0.39, 0.29) is 36.7 Å². The molecule has 0 saturated carbocycles. The van der Waals surface area contributed by atoms with Crippen molar-refractivity contribution >= 4 is 0 Å². The van der Waals surface area contributed by atoms with Gasteiger partial charge in [0, 0.05) is 5.56 Å². The van der Waals surface area contributed by atoms with Crippen molar-refractivity contribution in [3.8, 4) is 5.75 Å². The van der Waals surface area contributed by atoms with E-state index < -0.39 is 11.6 Å². The van der Waals surface area contributed by atoms with Gasteiger partial charge in [0.25, 0.3) is 0 Å². The molecule has 0 aliphatic carbocycles. The third-order valence-corrected chi connectivity index (χ3v) is 4.90. The Balaban J connectivity index is 1.51. The van der Waals surface area contributed by atoms with Gasteiger partial charge in [-0.15, -0.1) is 0 Å². The summed E-state index contributed by atoms with van der Waals surface area (Å²) in [6.07, 6.45) is 2.63. The quantitative estimate of drug-likeness (QED) is 0.651. The second-order valence-corrected chi connectivity index (χ2v) is 6.71. The first-order valence-electron chi connectivity index (χ1n) is 9.54. The summed E-state index contributed by atoms with van der Waals surface area (Å²) in [5.41, 5.74) is 2.67. The number of benzene rings is 2. The van der Waals surface area contributed by atoms with Gasteiger partial charge in [-0.1, -0.05) is 31.2 Å². The molecule has 1 saturated heterocycles. The largest absolute Gasteiger partial charge is 0.491 e. The maximum atomic E-state index is 14.1. The molecule has 0 bridgehead atoms. The van der Waals surface area contributed by atoms with Crippen LogP contribution in [-0.2, 0) is 22.5 Å². The number of hydrogen-bond acceptors (Lipinski definition) is 3. The van der Waals surface area contributed by atoms with E-state index in [1.54, 1.807) is 6.92 Å². The van der Waals surface area contributed by atoms with E-state index in [0.29, 0.717) is 6.61 Å². The zero-order valence-corrected chi connectivity index (χ0v) is 15.8. The van der Waals surface area contributed by atoms with E-state index in [0.717, 1.165) is 19.3 Å². The second-order valence-electron chi connectivity index (χ2n) is 6.71. The first kappa shape index (κ1) is 19.8. The molecule has 3 nitrogen and oxygen atoms in total. The smallest absolute Gasteiger partial charge is 0.200 e. The van der Waals surface area contributed by atoms with Gasteiger partial charge in [0.1, 0.15) is 0 Å². The molecule has 5 heteroatoms. The summed E-state index contributed by atoms with van der Waals surface area (Å²) in [6.45, 7) is 4.60. The third kappa shape index (κ3) is 4.85. The predicted molar refractivity (Wildman–Crippen MR) is 99.9 cm³/mol. The summed E-state index contributed by atoms with van der Waals surface area (Å²) in [7, 11) is 0. The lowest BCUT2D eigenvalue weighted by molar-refractivity contribution is -0.0925. The Morgan fingerprint density at radius 2 is 1.78 bits per heavy atom. The van der Waals surface area contributed by atoms with Crippen LogP contribution in [0.3, 0.4) is 0 Å². The Kier molecular flexibility index (Phi) is 6.80. The molecule has 3 rings (SSSR count). The van der Waals surface area contributed by atoms with Crippen molar-refractivity contribution in [1.82, 2.24) is 0 Å². The molecule has 0 spiro atoms. The Labute approximate surface area is 159 Å². The van der Waals surface area contributed by atoms with Gasteiger partial charge in [-0.05, 0) is 49.4 Å². The number of ether oxygens (including phenoxy) is 3. The Hall–Kier alpha value is -1.98. The third-order valence-electron chi connectivity index (χ3n) is 4.90. The minimum atomic E-state index is -0.964. The maximum Gasteiger partial charge on any atom is 0.200 e. The van der Waals surface area contributed by atoms with Crippen LogP contribution in [0.2, 0.25) is 0 Å². The van der Waals surface area contributed by atoms with Gasteiger partial charge in [-0.25, -0.2) is 4.39 Å². The zero-order valence-electron chi connectivity index (χ0n) is 15.8. The van der Waals surface area contributed by atoms with E-state index in [4.69, 9.17) is 14.2 Å². The normalized spacial score (nSPS) is 19.9. The van der Waals surface area contributed by atoms with Gasteiger partial charge in [0.05, 0.1) is 32.0 Å². The Morgan fingerprint density at radius 3 is 2.41 bits per heavy atom. The predicted octanol–water partition coefficient (Wildman–Crippen LogP) is 5.36. The number of aryl methyl sites for hydroxylation is 1. The van der Waals surface area contributed by atoms with Crippen molar-refractivity contribution in [3.05, 3.63) is 64.7 Å². The van der Waals surface area contributed by atoms with Crippen LogP contribution in [0.1, 0.15) is 49.5 Å². The van der Waals surface area contributed by atoms with Gasteiger partial charge in [0.2, 0.25) is 5.82 Å². The molecule has 2 atom stereocenters. The first-order chi connectivity index (χ1) is 13.1. The molecule has 1 heterocycles. The summed E-state index contributed by atoms with van der Waals surface area (Å²) < 4.78 is 44.8. The molecular formula is C22H26F2O3. The van der Waals surface area contributed by atoms with E-state index in [2.05, 4.69) is 31.2 Å². The number of hydrogen-bond donors (Lipinski definition) is 0. The molecule has 0 N–H and O–H groups in total. The lowest BCUT2D eigenvalue weighted by Crippen LogP contribution is -2.27. The van der Waals surface area contributed by atoms with Crippen LogP contribution in [0.15, 0.2) is 36.4 Å². The summed E-state index contributed by atoms with van der Waals surface area (Å²) >= 11 is 0. The minimum Gasteiger partial charge on any atom is -0.491 e. The van der Waals surface area contributed by atoms with E-state index in [1.165, 1.54) is 23.3 Å². The van der Waals surface area contributed by atoms with Gasteiger partial charge in [0.15, 0.2) is 11.6 Å². The van der Waals surface area contributed by atoms with Crippen LogP contribution < -0.4 is 4.74 Å². The molecule has 0 amide bonds. The van der Waals surface area contributed by atoms with Gasteiger partial charge in [-0.2, -0.15) is 4.39 Å². The molecule has 1 aliphatic heterocycles. The van der Waals surface area contributed by atoms with Crippen LogP contribution >= 0.6 is 0 Å². The highest BCUT2D eigenvalue weighted by Gasteiger charge is 2.24. The average Bonchev–Trinajstić information content (AvgIpc) is 2.71. The molecule has 146 valence electrons. The number of halogens is 2. The average molecular weight is 376 g/mol. The summed E-state index contributed by atoms with van der Waals surface area (Å²) in [4.78, 5) is 0. The standard InChI is InChI=1S/C22H26F2O3/c1-3-15-5-7-16(8-6-15)19-12-10-18(14-27-19)26-13-17-9-11-20(25-4-2)22(24)21(17)23/h5-9,11,18-19H,3-4,10,12-14H2,1-2H3. The van der Waals surface area contributed by atoms with Crippen LogP contribution in [0.25, 0.3) is 0 Å². The topological polar surface area (TPSA) is 27.7 Å².